The number of carbonyl (C=O) groups is 3. The summed E-state index contributed by atoms with van der Waals surface area (Å²) in [5.74, 6) is -0.555. The first kappa shape index (κ1) is 26.5. The quantitative estimate of drug-likeness (QED) is 0.544. The summed E-state index contributed by atoms with van der Waals surface area (Å²) in [4.78, 5) is 40.0. The number of carbonyl (C=O) groups excluding carboxylic acids is 3. The molecule has 0 saturated heterocycles. The Hall–Kier alpha value is -2.57. The number of aryl methyl sites for hydroxylation is 1. The third kappa shape index (κ3) is 9.40. The van der Waals surface area contributed by atoms with Gasteiger partial charge in [0.1, 0.15) is 18.2 Å². The van der Waals surface area contributed by atoms with Gasteiger partial charge < -0.3 is 20.3 Å². The van der Waals surface area contributed by atoms with Crippen LogP contribution in [0.4, 0.5) is 4.79 Å². The lowest BCUT2D eigenvalue weighted by atomic mass is 9.98. The Balaban J connectivity index is 3.18. The molecule has 0 aliphatic rings. The average molecular weight is 434 g/mol. The van der Waals surface area contributed by atoms with Crippen LogP contribution in [0.5, 0.6) is 0 Å². The maximum atomic E-state index is 13.2. The molecular formula is C24H39N3O4. The molecule has 174 valence electrons. The number of nitrogens with zero attached hydrogens (tertiary/aromatic N) is 1. The van der Waals surface area contributed by atoms with Crippen molar-refractivity contribution in [2.24, 2.45) is 0 Å². The van der Waals surface area contributed by atoms with Crippen LogP contribution in [0.2, 0.25) is 0 Å². The monoisotopic (exact) mass is 433 g/mol. The zero-order valence-electron chi connectivity index (χ0n) is 20.1. The molecule has 0 aliphatic heterocycles. The molecule has 1 rings (SSSR count). The van der Waals surface area contributed by atoms with Crippen molar-refractivity contribution in [3.63, 3.8) is 0 Å². The number of nitrogens with one attached hydrogen (secondary N) is 2. The Morgan fingerprint density at radius 1 is 1.10 bits per heavy atom. The highest BCUT2D eigenvalue weighted by Crippen LogP contribution is 2.25. The van der Waals surface area contributed by atoms with E-state index in [1.165, 1.54) is 0 Å². The zero-order chi connectivity index (χ0) is 23.6. The normalized spacial score (nSPS) is 12.3. The van der Waals surface area contributed by atoms with Gasteiger partial charge in [-0.1, -0.05) is 44.0 Å². The SMILES string of the molecule is CCCCCN(C(=O)CNC(=O)OC(C)(C)C)C(C(=O)NC(C)C)c1ccccc1C. The molecule has 0 bridgehead atoms. The van der Waals surface area contributed by atoms with Crippen LogP contribution < -0.4 is 10.6 Å². The van der Waals surface area contributed by atoms with E-state index in [0.717, 1.165) is 30.4 Å². The third-order valence-electron chi connectivity index (χ3n) is 4.58. The molecule has 0 aliphatic carbocycles. The minimum absolute atomic E-state index is 0.0634. The van der Waals surface area contributed by atoms with Crippen LogP contribution in [-0.4, -0.2) is 47.5 Å². The highest BCUT2D eigenvalue weighted by Gasteiger charge is 2.32. The van der Waals surface area contributed by atoms with E-state index in [4.69, 9.17) is 4.74 Å². The predicted octanol–water partition coefficient (Wildman–Crippen LogP) is 4.10. The van der Waals surface area contributed by atoms with Gasteiger partial charge in [0.15, 0.2) is 0 Å². The van der Waals surface area contributed by atoms with Crippen molar-refractivity contribution < 1.29 is 19.1 Å². The summed E-state index contributed by atoms with van der Waals surface area (Å²) in [7, 11) is 0. The third-order valence-corrected chi connectivity index (χ3v) is 4.58. The van der Waals surface area contributed by atoms with E-state index >= 15 is 0 Å². The van der Waals surface area contributed by atoms with Crippen molar-refractivity contribution in [1.82, 2.24) is 15.5 Å². The van der Waals surface area contributed by atoms with Gasteiger partial charge in [-0.15, -0.1) is 0 Å². The molecule has 1 aromatic carbocycles. The molecule has 0 heterocycles. The fourth-order valence-electron chi connectivity index (χ4n) is 3.20. The van der Waals surface area contributed by atoms with Gasteiger partial charge in [-0.2, -0.15) is 0 Å². The van der Waals surface area contributed by atoms with Gasteiger partial charge in [-0.3, -0.25) is 9.59 Å². The van der Waals surface area contributed by atoms with E-state index < -0.39 is 17.7 Å². The van der Waals surface area contributed by atoms with E-state index in [9.17, 15) is 14.4 Å². The van der Waals surface area contributed by atoms with Gasteiger partial charge in [0, 0.05) is 12.6 Å². The Morgan fingerprint density at radius 3 is 2.29 bits per heavy atom. The molecule has 1 atom stereocenters. The second kappa shape index (κ2) is 12.3. The van der Waals surface area contributed by atoms with Crippen LogP contribution in [0.15, 0.2) is 24.3 Å². The minimum Gasteiger partial charge on any atom is -0.444 e. The highest BCUT2D eigenvalue weighted by atomic mass is 16.6. The fourth-order valence-corrected chi connectivity index (χ4v) is 3.20. The van der Waals surface area contributed by atoms with Crippen molar-refractivity contribution in [3.8, 4) is 0 Å². The summed E-state index contributed by atoms with van der Waals surface area (Å²) in [5.41, 5.74) is 1.05. The van der Waals surface area contributed by atoms with Crippen LogP contribution in [0.1, 0.15) is 78.0 Å². The molecule has 1 aromatic rings. The fraction of sp³-hybridized carbons (Fsp3) is 0.625. The summed E-state index contributed by atoms with van der Waals surface area (Å²) in [6, 6.07) is 6.75. The lowest BCUT2D eigenvalue weighted by molar-refractivity contribution is -0.140. The Morgan fingerprint density at radius 2 is 1.74 bits per heavy atom. The van der Waals surface area contributed by atoms with Crippen LogP contribution >= 0.6 is 0 Å². The molecule has 0 spiro atoms. The van der Waals surface area contributed by atoms with Crippen LogP contribution in [0.25, 0.3) is 0 Å². The Bertz CT molecular complexity index is 741. The van der Waals surface area contributed by atoms with Gasteiger partial charge in [-0.25, -0.2) is 4.79 Å². The molecule has 1 unspecified atom stereocenters. The van der Waals surface area contributed by atoms with Crippen molar-refractivity contribution >= 4 is 17.9 Å². The average Bonchev–Trinajstić information content (AvgIpc) is 2.64. The largest absolute Gasteiger partial charge is 0.444 e. The van der Waals surface area contributed by atoms with Gasteiger partial charge >= 0.3 is 6.09 Å². The van der Waals surface area contributed by atoms with Gasteiger partial charge in [0.2, 0.25) is 11.8 Å². The summed E-state index contributed by atoms with van der Waals surface area (Å²) in [6.07, 6.45) is 2.04. The molecule has 7 heteroatoms. The first-order valence-corrected chi connectivity index (χ1v) is 11.1. The van der Waals surface area contributed by atoms with Gasteiger partial charge in [-0.05, 0) is 59.1 Å². The van der Waals surface area contributed by atoms with Crippen LogP contribution in [0, 0.1) is 6.92 Å². The lowest BCUT2D eigenvalue weighted by Gasteiger charge is -2.33. The number of rotatable bonds is 10. The number of amides is 3. The smallest absolute Gasteiger partial charge is 0.408 e. The van der Waals surface area contributed by atoms with Crippen molar-refractivity contribution in [2.45, 2.75) is 85.4 Å². The molecule has 7 nitrogen and oxygen atoms in total. The standard InChI is InChI=1S/C24H39N3O4/c1-8-9-12-15-27(20(28)16-25-23(30)31-24(5,6)7)21(22(29)26-17(2)3)19-14-11-10-13-18(19)4/h10-11,13-14,17,21H,8-9,12,15-16H2,1-7H3,(H,25,30)(H,26,29). The molecular weight excluding hydrogens is 394 g/mol. The summed E-state index contributed by atoms with van der Waals surface area (Å²) < 4.78 is 5.23. The summed E-state index contributed by atoms with van der Waals surface area (Å²) in [6.45, 7) is 13.3. The number of unbranched alkanes of at least 4 members (excludes halogenated alkanes) is 2. The molecule has 0 radical (unpaired) electrons. The van der Waals surface area contributed by atoms with Gasteiger partial charge in [0.05, 0.1) is 0 Å². The molecule has 0 fully saturated rings. The first-order valence-electron chi connectivity index (χ1n) is 11.1. The maximum absolute atomic E-state index is 13.2. The zero-order valence-corrected chi connectivity index (χ0v) is 20.1. The van der Waals surface area contributed by atoms with E-state index in [1.54, 1.807) is 25.7 Å². The molecule has 3 amide bonds. The second-order valence-electron chi connectivity index (χ2n) is 9.07. The number of alkyl carbamates (subject to hydrolysis) is 1. The Labute approximate surface area is 186 Å². The van der Waals surface area contributed by atoms with Crippen molar-refractivity contribution in [1.29, 1.82) is 0 Å². The predicted molar refractivity (Wildman–Crippen MR) is 123 cm³/mol. The van der Waals surface area contributed by atoms with Gasteiger partial charge in [0.25, 0.3) is 0 Å². The number of hydrogen-bond acceptors (Lipinski definition) is 4. The molecule has 2 N–H and O–H groups in total. The minimum atomic E-state index is -0.770. The Kier molecular flexibility index (Phi) is 10.5. The van der Waals surface area contributed by atoms with Crippen LogP contribution in [-0.2, 0) is 14.3 Å². The van der Waals surface area contributed by atoms with E-state index in [0.29, 0.717) is 6.54 Å². The van der Waals surface area contributed by atoms with Crippen molar-refractivity contribution in [2.75, 3.05) is 13.1 Å². The number of hydrogen-bond donors (Lipinski definition) is 2. The molecule has 0 aromatic heterocycles. The van der Waals surface area contributed by atoms with Crippen molar-refractivity contribution in [3.05, 3.63) is 35.4 Å². The van der Waals surface area contributed by atoms with E-state index in [1.807, 2.05) is 45.0 Å². The number of benzene rings is 1. The second-order valence-corrected chi connectivity index (χ2v) is 9.07. The summed E-state index contributed by atoms with van der Waals surface area (Å²) in [5, 5.41) is 5.47. The highest BCUT2D eigenvalue weighted by molar-refractivity contribution is 5.90. The first-order chi connectivity index (χ1) is 14.5. The summed E-state index contributed by atoms with van der Waals surface area (Å²) >= 11 is 0. The van der Waals surface area contributed by atoms with E-state index in [2.05, 4.69) is 17.6 Å². The number of ether oxygens (including phenoxy) is 1. The van der Waals surface area contributed by atoms with E-state index in [-0.39, 0.29) is 24.4 Å². The van der Waals surface area contributed by atoms with Crippen LogP contribution in [0.3, 0.4) is 0 Å². The lowest BCUT2D eigenvalue weighted by Crippen LogP contribution is -2.49. The topological polar surface area (TPSA) is 87.7 Å². The molecule has 0 saturated carbocycles. The molecule has 31 heavy (non-hydrogen) atoms. The maximum Gasteiger partial charge on any atom is 0.408 e.